The third-order valence-electron chi connectivity index (χ3n) is 4.55. The lowest BCUT2D eigenvalue weighted by Crippen LogP contribution is -2.26. The number of ether oxygens (including phenoxy) is 2. The van der Waals surface area contributed by atoms with Gasteiger partial charge < -0.3 is 9.47 Å². The van der Waals surface area contributed by atoms with Gasteiger partial charge in [0.15, 0.2) is 6.10 Å². The Morgan fingerprint density at radius 3 is 2.69 bits per heavy atom. The lowest BCUT2D eigenvalue weighted by atomic mass is 10.2. The van der Waals surface area contributed by atoms with Crippen molar-refractivity contribution in [3.63, 3.8) is 0 Å². The van der Waals surface area contributed by atoms with Crippen LogP contribution in [0, 0.1) is 0 Å². The summed E-state index contributed by atoms with van der Waals surface area (Å²) >= 11 is 6.86. The number of halogens is 2. The molecular weight excluding hydrogens is 542 g/mol. The highest BCUT2D eigenvalue weighted by molar-refractivity contribution is 9.10. The SMILES string of the molecule is CCCc1nc2ccc(Br)cc2c(=O)n1N=Cc1ccc(O[C@@H](C)C(=O)OCC)c(Br)c1. The zero-order valence-corrected chi connectivity index (χ0v) is 21.1. The molecule has 0 amide bonds. The molecule has 0 aliphatic carbocycles. The second-order valence-electron chi connectivity index (χ2n) is 7.00. The Kier molecular flexibility index (Phi) is 8.20. The number of hydrogen-bond acceptors (Lipinski definition) is 6. The Labute approximate surface area is 202 Å². The molecule has 0 bridgehead atoms. The number of nitrogens with zero attached hydrogens (tertiary/aromatic N) is 3. The number of carbonyl (C=O) groups is 1. The number of aromatic nitrogens is 2. The van der Waals surface area contributed by atoms with Crippen LogP contribution in [0.15, 0.2) is 55.2 Å². The number of benzene rings is 2. The van der Waals surface area contributed by atoms with Crippen molar-refractivity contribution in [2.75, 3.05) is 6.61 Å². The topological polar surface area (TPSA) is 82.8 Å². The first-order valence-electron chi connectivity index (χ1n) is 10.2. The summed E-state index contributed by atoms with van der Waals surface area (Å²) in [4.78, 5) is 29.5. The Morgan fingerprint density at radius 2 is 2.00 bits per heavy atom. The van der Waals surface area contributed by atoms with Gasteiger partial charge in [-0.05, 0) is 78.2 Å². The fraction of sp³-hybridized carbons (Fsp3) is 0.304. The summed E-state index contributed by atoms with van der Waals surface area (Å²) in [5.74, 6) is 0.679. The number of aryl methyl sites for hydroxylation is 1. The van der Waals surface area contributed by atoms with Gasteiger partial charge in [0, 0.05) is 10.9 Å². The average Bonchev–Trinajstić information content (AvgIpc) is 2.76. The highest BCUT2D eigenvalue weighted by Crippen LogP contribution is 2.27. The lowest BCUT2D eigenvalue weighted by molar-refractivity contribution is -0.150. The van der Waals surface area contributed by atoms with Crippen molar-refractivity contribution in [1.82, 2.24) is 9.66 Å². The molecule has 0 aliphatic rings. The molecule has 0 unspecified atom stereocenters. The van der Waals surface area contributed by atoms with E-state index < -0.39 is 12.1 Å². The van der Waals surface area contributed by atoms with Gasteiger partial charge in [-0.1, -0.05) is 22.9 Å². The van der Waals surface area contributed by atoms with Crippen molar-refractivity contribution in [1.29, 1.82) is 0 Å². The molecule has 0 fully saturated rings. The minimum Gasteiger partial charge on any atom is -0.478 e. The Balaban J connectivity index is 1.91. The van der Waals surface area contributed by atoms with Gasteiger partial charge in [-0.25, -0.2) is 9.78 Å². The van der Waals surface area contributed by atoms with E-state index in [0.717, 1.165) is 16.5 Å². The summed E-state index contributed by atoms with van der Waals surface area (Å²) in [7, 11) is 0. The van der Waals surface area contributed by atoms with Crippen LogP contribution in [0.5, 0.6) is 5.75 Å². The van der Waals surface area contributed by atoms with Crippen molar-refractivity contribution < 1.29 is 14.3 Å². The molecule has 0 aliphatic heterocycles. The van der Waals surface area contributed by atoms with Crippen LogP contribution in [0.3, 0.4) is 0 Å². The molecule has 0 N–H and O–H groups in total. The molecule has 32 heavy (non-hydrogen) atoms. The van der Waals surface area contributed by atoms with Crippen LogP contribution >= 0.6 is 31.9 Å². The van der Waals surface area contributed by atoms with Gasteiger partial charge >= 0.3 is 5.97 Å². The van der Waals surface area contributed by atoms with E-state index in [1.807, 2.05) is 19.1 Å². The smallest absolute Gasteiger partial charge is 0.347 e. The molecule has 0 radical (unpaired) electrons. The Morgan fingerprint density at radius 1 is 1.22 bits per heavy atom. The van der Waals surface area contributed by atoms with Crippen molar-refractivity contribution in [3.05, 3.63) is 67.1 Å². The molecule has 168 valence electrons. The maximum Gasteiger partial charge on any atom is 0.347 e. The summed E-state index contributed by atoms with van der Waals surface area (Å²) in [6.07, 6.45) is 2.32. The molecule has 9 heteroatoms. The summed E-state index contributed by atoms with van der Waals surface area (Å²) in [5.41, 5.74) is 1.17. The fourth-order valence-electron chi connectivity index (χ4n) is 3.01. The van der Waals surface area contributed by atoms with E-state index in [2.05, 4.69) is 41.9 Å². The number of esters is 1. The first-order valence-corrected chi connectivity index (χ1v) is 11.8. The van der Waals surface area contributed by atoms with Crippen molar-refractivity contribution in [2.24, 2.45) is 5.10 Å². The molecule has 7 nitrogen and oxygen atoms in total. The highest BCUT2D eigenvalue weighted by atomic mass is 79.9. The van der Waals surface area contributed by atoms with E-state index in [1.165, 1.54) is 4.68 Å². The summed E-state index contributed by atoms with van der Waals surface area (Å²) < 4.78 is 13.4. The summed E-state index contributed by atoms with van der Waals surface area (Å²) in [6, 6.07) is 10.7. The average molecular weight is 565 g/mol. The third kappa shape index (κ3) is 5.63. The minimum atomic E-state index is -0.732. The zero-order chi connectivity index (χ0) is 23.3. The van der Waals surface area contributed by atoms with Gasteiger partial charge in [-0.15, -0.1) is 0 Å². The van der Waals surface area contributed by atoms with E-state index in [9.17, 15) is 9.59 Å². The highest BCUT2D eigenvalue weighted by Gasteiger charge is 2.17. The molecule has 3 rings (SSSR count). The van der Waals surface area contributed by atoms with E-state index in [4.69, 9.17) is 9.47 Å². The van der Waals surface area contributed by atoms with Gasteiger partial charge in [-0.2, -0.15) is 9.78 Å². The first kappa shape index (κ1) is 24.1. The number of hydrogen-bond donors (Lipinski definition) is 0. The maximum atomic E-state index is 13.1. The van der Waals surface area contributed by atoms with Crippen molar-refractivity contribution in [3.8, 4) is 5.75 Å². The molecule has 1 aromatic heterocycles. The van der Waals surface area contributed by atoms with Crippen molar-refractivity contribution in [2.45, 2.75) is 39.7 Å². The Hall–Kier alpha value is -2.52. The first-order chi connectivity index (χ1) is 15.3. The Bertz CT molecular complexity index is 1220. The standard InChI is InChI=1S/C23H23Br2N3O4/c1-4-6-21-27-19-9-8-16(24)12-17(19)22(29)28(21)26-13-15-7-10-20(18(25)11-15)32-14(3)23(30)31-5-2/h7-14H,4-6H2,1-3H3/t14-/m0/s1. The van der Waals surface area contributed by atoms with Gasteiger partial charge in [0.05, 0.1) is 28.2 Å². The molecular formula is C23H23Br2N3O4. The monoisotopic (exact) mass is 563 g/mol. The molecule has 1 atom stereocenters. The molecule has 0 spiro atoms. The number of fused-ring (bicyclic) bond motifs is 1. The van der Waals surface area contributed by atoms with Gasteiger partial charge in [0.25, 0.3) is 5.56 Å². The van der Waals surface area contributed by atoms with Gasteiger partial charge in [0.1, 0.15) is 11.6 Å². The third-order valence-corrected chi connectivity index (χ3v) is 5.66. The largest absolute Gasteiger partial charge is 0.478 e. The van der Waals surface area contributed by atoms with Crippen molar-refractivity contribution >= 4 is 54.9 Å². The van der Waals surface area contributed by atoms with Crippen LogP contribution in [0.4, 0.5) is 0 Å². The number of rotatable bonds is 8. The summed E-state index contributed by atoms with van der Waals surface area (Å²) in [5, 5.41) is 4.92. The van der Waals surface area contributed by atoms with E-state index in [1.54, 1.807) is 44.3 Å². The minimum absolute atomic E-state index is 0.224. The lowest BCUT2D eigenvalue weighted by Gasteiger charge is -2.14. The zero-order valence-electron chi connectivity index (χ0n) is 18.0. The predicted octanol–water partition coefficient (Wildman–Crippen LogP) is 5.09. The fourth-order valence-corrected chi connectivity index (χ4v) is 3.87. The normalized spacial score (nSPS) is 12.3. The molecule has 1 heterocycles. The quantitative estimate of drug-likeness (QED) is 0.281. The summed E-state index contributed by atoms with van der Waals surface area (Å²) in [6.45, 7) is 5.70. The predicted molar refractivity (Wildman–Crippen MR) is 132 cm³/mol. The van der Waals surface area contributed by atoms with E-state index >= 15 is 0 Å². The maximum absolute atomic E-state index is 13.1. The molecule has 0 saturated carbocycles. The molecule has 3 aromatic rings. The van der Waals surface area contributed by atoms with Crippen LogP contribution < -0.4 is 10.3 Å². The molecule has 0 saturated heterocycles. The van der Waals surface area contributed by atoms with Gasteiger partial charge in [0.2, 0.25) is 0 Å². The second-order valence-corrected chi connectivity index (χ2v) is 8.77. The van der Waals surface area contributed by atoms with Crippen LogP contribution in [0.25, 0.3) is 10.9 Å². The molecule has 2 aromatic carbocycles. The van der Waals surface area contributed by atoms with E-state index in [-0.39, 0.29) is 5.56 Å². The van der Waals surface area contributed by atoms with Gasteiger partial charge in [-0.3, -0.25) is 4.79 Å². The van der Waals surface area contributed by atoms with Crippen LogP contribution in [0.1, 0.15) is 38.6 Å². The van der Waals surface area contributed by atoms with Crippen LogP contribution in [-0.4, -0.2) is 34.6 Å². The van der Waals surface area contributed by atoms with E-state index in [0.29, 0.717) is 40.0 Å². The number of carbonyl (C=O) groups excluding carboxylic acids is 1. The van der Waals surface area contributed by atoms with Crippen LogP contribution in [0.2, 0.25) is 0 Å². The van der Waals surface area contributed by atoms with Crippen LogP contribution in [-0.2, 0) is 16.0 Å². The second kappa shape index (κ2) is 10.9.